The number of halogens is 1. The SMILES string of the molecule is CCOC1CC(N)(C(=O)NCc2ccc(N3CCCCC3=O)cc2)C1(C)C.Cl. The Labute approximate surface area is 173 Å². The van der Waals surface area contributed by atoms with Crippen LogP contribution in [-0.2, 0) is 20.9 Å². The van der Waals surface area contributed by atoms with Gasteiger partial charge in [-0.1, -0.05) is 26.0 Å². The minimum absolute atomic E-state index is 0. The van der Waals surface area contributed by atoms with Gasteiger partial charge in [0.15, 0.2) is 0 Å². The molecular weight excluding hydrogens is 378 g/mol. The predicted molar refractivity (Wildman–Crippen MR) is 112 cm³/mol. The lowest BCUT2D eigenvalue weighted by atomic mass is 9.54. The second-order valence-corrected chi connectivity index (χ2v) is 8.19. The van der Waals surface area contributed by atoms with Gasteiger partial charge in [0.25, 0.3) is 0 Å². The van der Waals surface area contributed by atoms with Crippen molar-refractivity contribution in [2.75, 3.05) is 18.1 Å². The monoisotopic (exact) mass is 409 g/mol. The van der Waals surface area contributed by atoms with Crippen LogP contribution >= 0.6 is 12.4 Å². The summed E-state index contributed by atoms with van der Waals surface area (Å²) in [6, 6.07) is 7.80. The van der Waals surface area contributed by atoms with Crippen LogP contribution in [0.4, 0.5) is 5.69 Å². The highest BCUT2D eigenvalue weighted by molar-refractivity contribution is 5.94. The summed E-state index contributed by atoms with van der Waals surface area (Å²) in [5.74, 6) is 0.0437. The Morgan fingerprint density at radius 1 is 1.29 bits per heavy atom. The second kappa shape index (κ2) is 8.80. The number of nitrogens with two attached hydrogens (primary N) is 1. The van der Waals surface area contributed by atoms with Crippen molar-refractivity contribution in [3.05, 3.63) is 29.8 Å². The number of carbonyl (C=O) groups is 2. The normalized spacial score (nSPS) is 26.2. The van der Waals surface area contributed by atoms with Crippen molar-refractivity contribution in [3.63, 3.8) is 0 Å². The number of nitrogens with zero attached hydrogens (tertiary/aromatic N) is 1. The fraction of sp³-hybridized carbons (Fsp3) is 0.619. The number of piperidine rings is 1. The topological polar surface area (TPSA) is 84.7 Å². The second-order valence-electron chi connectivity index (χ2n) is 8.19. The van der Waals surface area contributed by atoms with E-state index in [9.17, 15) is 9.59 Å². The van der Waals surface area contributed by atoms with Crippen LogP contribution in [0.25, 0.3) is 0 Å². The summed E-state index contributed by atoms with van der Waals surface area (Å²) in [4.78, 5) is 26.6. The minimum atomic E-state index is -0.910. The average Bonchev–Trinajstić information content (AvgIpc) is 2.66. The van der Waals surface area contributed by atoms with Crippen molar-refractivity contribution in [2.45, 2.75) is 64.6 Å². The third-order valence-electron chi connectivity index (χ3n) is 6.26. The molecule has 1 aliphatic carbocycles. The molecule has 2 fully saturated rings. The molecule has 0 aromatic heterocycles. The van der Waals surface area contributed by atoms with Gasteiger partial charge in [-0.25, -0.2) is 0 Å². The van der Waals surface area contributed by atoms with Gasteiger partial charge in [0.05, 0.1) is 6.10 Å². The Bertz CT molecular complexity index is 707. The maximum Gasteiger partial charge on any atom is 0.241 e. The Morgan fingerprint density at radius 2 is 1.96 bits per heavy atom. The maximum absolute atomic E-state index is 12.7. The Morgan fingerprint density at radius 3 is 2.54 bits per heavy atom. The largest absolute Gasteiger partial charge is 0.378 e. The molecule has 6 nitrogen and oxygen atoms in total. The van der Waals surface area contributed by atoms with Crippen LogP contribution in [0, 0.1) is 5.41 Å². The van der Waals surface area contributed by atoms with Crippen molar-refractivity contribution in [1.29, 1.82) is 0 Å². The van der Waals surface area contributed by atoms with Gasteiger partial charge < -0.3 is 20.7 Å². The third kappa shape index (κ3) is 4.04. The first kappa shape index (κ1) is 22.7. The van der Waals surface area contributed by atoms with Gasteiger partial charge in [0.1, 0.15) is 5.54 Å². The molecule has 1 saturated carbocycles. The zero-order chi connectivity index (χ0) is 19.7. The van der Waals surface area contributed by atoms with Crippen molar-refractivity contribution in [1.82, 2.24) is 5.32 Å². The summed E-state index contributed by atoms with van der Waals surface area (Å²) in [6.07, 6.45) is 3.19. The molecule has 1 aromatic rings. The predicted octanol–water partition coefficient (Wildman–Crippen LogP) is 2.77. The van der Waals surface area contributed by atoms with Crippen LogP contribution in [0.2, 0.25) is 0 Å². The van der Waals surface area contributed by atoms with E-state index in [0.29, 0.717) is 26.0 Å². The zero-order valence-electron chi connectivity index (χ0n) is 17.0. The summed E-state index contributed by atoms with van der Waals surface area (Å²) >= 11 is 0. The van der Waals surface area contributed by atoms with E-state index in [1.54, 1.807) is 0 Å². The van der Waals surface area contributed by atoms with E-state index in [1.807, 2.05) is 49.9 Å². The lowest BCUT2D eigenvalue weighted by molar-refractivity contribution is -0.170. The smallest absolute Gasteiger partial charge is 0.241 e. The number of rotatable bonds is 6. The first-order chi connectivity index (χ1) is 12.8. The molecule has 1 aromatic carbocycles. The van der Waals surface area contributed by atoms with Gasteiger partial charge in [-0.15, -0.1) is 12.4 Å². The van der Waals surface area contributed by atoms with Crippen molar-refractivity contribution in [2.24, 2.45) is 11.1 Å². The molecule has 2 atom stereocenters. The molecule has 1 saturated heterocycles. The molecule has 0 radical (unpaired) electrons. The first-order valence-electron chi connectivity index (χ1n) is 9.87. The lowest BCUT2D eigenvalue weighted by Gasteiger charge is -2.57. The number of anilines is 1. The molecule has 0 spiro atoms. The average molecular weight is 410 g/mol. The summed E-state index contributed by atoms with van der Waals surface area (Å²) in [5, 5.41) is 2.97. The minimum Gasteiger partial charge on any atom is -0.378 e. The van der Waals surface area contributed by atoms with Gasteiger partial charge in [-0.3, -0.25) is 9.59 Å². The van der Waals surface area contributed by atoms with Crippen LogP contribution in [0.15, 0.2) is 24.3 Å². The summed E-state index contributed by atoms with van der Waals surface area (Å²) in [7, 11) is 0. The fourth-order valence-electron chi connectivity index (χ4n) is 4.03. The summed E-state index contributed by atoms with van der Waals surface area (Å²) < 4.78 is 5.69. The molecule has 0 bridgehead atoms. The first-order valence-corrected chi connectivity index (χ1v) is 9.87. The van der Waals surface area contributed by atoms with Crippen molar-refractivity contribution in [3.8, 4) is 0 Å². The lowest BCUT2D eigenvalue weighted by Crippen LogP contribution is -2.75. The molecule has 2 aliphatic rings. The number of carbonyl (C=O) groups excluding carboxylic acids is 2. The number of benzene rings is 1. The van der Waals surface area contributed by atoms with Gasteiger partial charge in [-0.05, 0) is 37.5 Å². The summed E-state index contributed by atoms with van der Waals surface area (Å²) in [6.45, 7) is 7.75. The van der Waals surface area contributed by atoms with E-state index in [-0.39, 0.29) is 30.3 Å². The standard InChI is InChI=1S/C21H31N3O3.ClH/c1-4-27-17-13-21(22,20(17,2)3)19(26)23-14-15-8-10-16(11-9-15)24-12-6-5-7-18(24)25;/h8-11,17H,4-7,12-14,22H2,1-3H3,(H,23,26);1H. The molecule has 3 N–H and O–H groups in total. The molecule has 2 amide bonds. The molecule has 28 heavy (non-hydrogen) atoms. The maximum atomic E-state index is 12.7. The molecular formula is C21H32ClN3O3. The highest BCUT2D eigenvalue weighted by atomic mass is 35.5. The molecule has 3 rings (SSSR count). The molecule has 7 heteroatoms. The zero-order valence-corrected chi connectivity index (χ0v) is 17.8. The van der Waals surface area contributed by atoms with E-state index in [1.165, 1.54) is 0 Å². The van der Waals surface area contributed by atoms with E-state index in [4.69, 9.17) is 10.5 Å². The molecule has 1 aliphatic heterocycles. The van der Waals surface area contributed by atoms with E-state index < -0.39 is 11.0 Å². The highest BCUT2D eigenvalue weighted by Gasteiger charge is 2.62. The molecule has 1 heterocycles. The number of amides is 2. The molecule has 2 unspecified atom stereocenters. The van der Waals surface area contributed by atoms with Gasteiger partial charge >= 0.3 is 0 Å². The van der Waals surface area contributed by atoms with Crippen molar-refractivity contribution >= 4 is 29.9 Å². The Hall–Kier alpha value is -1.63. The molecule has 156 valence electrons. The van der Waals surface area contributed by atoms with Crippen LogP contribution in [0.1, 0.15) is 52.0 Å². The number of nitrogens with one attached hydrogen (secondary N) is 1. The highest BCUT2D eigenvalue weighted by Crippen LogP contribution is 2.49. The van der Waals surface area contributed by atoms with Gasteiger partial charge in [0.2, 0.25) is 11.8 Å². The van der Waals surface area contributed by atoms with E-state index >= 15 is 0 Å². The summed E-state index contributed by atoms with van der Waals surface area (Å²) in [5.41, 5.74) is 7.01. The Kier molecular flexibility index (Phi) is 7.12. The number of hydrogen-bond acceptors (Lipinski definition) is 4. The number of hydrogen-bond donors (Lipinski definition) is 2. The van der Waals surface area contributed by atoms with Crippen LogP contribution in [0.5, 0.6) is 0 Å². The van der Waals surface area contributed by atoms with Crippen molar-refractivity contribution < 1.29 is 14.3 Å². The van der Waals surface area contributed by atoms with Gasteiger partial charge in [-0.2, -0.15) is 0 Å². The number of ether oxygens (including phenoxy) is 1. The van der Waals surface area contributed by atoms with Crippen LogP contribution in [-0.4, -0.2) is 36.6 Å². The van der Waals surface area contributed by atoms with Gasteiger partial charge in [0, 0.05) is 43.6 Å². The third-order valence-corrected chi connectivity index (χ3v) is 6.26. The quantitative estimate of drug-likeness (QED) is 0.756. The van der Waals surface area contributed by atoms with E-state index in [2.05, 4.69) is 5.32 Å². The fourth-order valence-corrected chi connectivity index (χ4v) is 4.03. The Balaban J connectivity index is 0.00000280. The van der Waals surface area contributed by atoms with E-state index in [0.717, 1.165) is 30.6 Å². The van der Waals surface area contributed by atoms with Crippen LogP contribution < -0.4 is 16.0 Å². The van der Waals surface area contributed by atoms with Crippen LogP contribution in [0.3, 0.4) is 0 Å².